The topological polar surface area (TPSA) is 79.1 Å². The van der Waals surface area contributed by atoms with Crippen molar-refractivity contribution in [3.8, 4) is 34.4 Å². The zero-order valence-electron chi connectivity index (χ0n) is 19.0. The van der Waals surface area contributed by atoms with Gasteiger partial charge in [-0.25, -0.2) is 0 Å². The van der Waals surface area contributed by atoms with E-state index in [0.29, 0.717) is 41.1 Å². The SMILES string of the molecule is COc1cccc([C@H]2CCCCN2Cc2nc(-c3ccc(OC)c(OC)c3OC)no2)c1. The number of benzene rings is 2. The first-order valence-corrected chi connectivity index (χ1v) is 10.7. The maximum Gasteiger partial charge on any atom is 0.241 e. The van der Waals surface area contributed by atoms with E-state index in [1.54, 1.807) is 34.5 Å². The van der Waals surface area contributed by atoms with Crippen molar-refractivity contribution in [2.24, 2.45) is 0 Å². The van der Waals surface area contributed by atoms with Gasteiger partial charge in [-0.3, -0.25) is 4.90 Å². The number of ether oxygens (including phenoxy) is 4. The summed E-state index contributed by atoms with van der Waals surface area (Å²) in [7, 11) is 6.43. The molecule has 4 rings (SSSR count). The molecule has 1 atom stereocenters. The molecule has 1 saturated heterocycles. The van der Waals surface area contributed by atoms with Crippen LogP contribution in [0.4, 0.5) is 0 Å². The van der Waals surface area contributed by atoms with Crippen LogP contribution in [0.2, 0.25) is 0 Å². The molecule has 1 aliphatic heterocycles. The highest BCUT2D eigenvalue weighted by Gasteiger charge is 2.27. The van der Waals surface area contributed by atoms with Crippen molar-refractivity contribution in [1.82, 2.24) is 15.0 Å². The molecule has 0 saturated carbocycles. The second-order valence-corrected chi connectivity index (χ2v) is 7.65. The van der Waals surface area contributed by atoms with Crippen LogP contribution in [0.3, 0.4) is 0 Å². The average molecular weight is 440 g/mol. The van der Waals surface area contributed by atoms with Crippen molar-refractivity contribution in [3.63, 3.8) is 0 Å². The van der Waals surface area contributed by atoms with E-state index >= 15 is 0 Å². The van der Waals surface area contributed by atoms with E-state index in [1.165, 1.54) is 12.0 Å². The van der Waals surface area contributed by atoms with Crippen molar-refractivity contribution in [3.05, 3.63) is 47.9 Å². The number of nitrogens with zero attached hydrogens (tertiary/aromatic N) is 3. The Morgan fingerprint density at radius 1 is 0.969 bits per heavy atom. The number of rotatable bonds is 8. The third kappa shape index (κ3) is 4.36. The monoisotopic (exact) mass is 439 g/mol. The predicted molar refractivity (Wildman–Crippen MR) is 119 cm³/mol. The highest BCUT2D eigenvalue weighted by atomic mass is 16.5. The van der Waals surface area contributed by atoms with Gasteiger partial charge < -0.3 is 23.5 Å². The lowest BCUT2D eigenvalue weighted by Gasteiger charge is -2.35. The molecule has 1 fully saturated rings. The summed E-state index contributed by atoms with van der Waals surface area (Å²) in [4.78, 5) is 7.05. The van der Waals surface area contributed by atoms with Crippen molar-refractivity contribution < 1.29 is 23.5 Å². The Morgan fingerprint density at radius 2 is 1.81 bits per heavy atom. The first kappa shape index (κ1) is 22.0. The summed E-state index contributed by atoms with van der Waals surface area (Å²) >= 11 is 0. The molecule has 1 aliphatic rings. The molecule has 0 bridgehead atoms. The molecule has 1 aromatic heterocycles. The van der Waals surface area contributed by atoms with Crippen LogP contribution in [0.15, 0.2) is 40.9 Å². The van der Waals surface area contributed by atoms with Gasteiger partial charge in [0.05, 0.1) is 40.5 Å². The van der Waals surface area contributed by atoms with E-state index in [9.17, 15) is 0 Å². The summed E-state index contributed by atoms with van der Waals surface area (Å²) in [6.07, 6.45) is 3.42. The molecule has 0 N–H and O–H groups in total. The summed E-state index contributed by atoms with van der Waals surface area (Å²) in [5.74, 6) is 3.46. The lowest BCUT2D eigenvalue weighted by Crippen LogP contribution is -2.33. The van der Waals surface area contributed by atoms with Gasteiger partial charge in [-0.2, -0.15) is 4.98 Å². The van der Waals surface area contributed by atoms with Gasteiger partial charge in [-0.15, -0.1) is 0 Å². The van der Waals surface area contributed by atoms with Crippen LogP contribution in [0.1, 0.15) is 36.8 Å². The van der Waals surface area contributed by atoms with Crippen molar-refractivity contribution >= 4 is 0 Å². The van der Waals surface area contributed by atoms with Gasteiger partial charge in [-0.05, 0) is 49.2 Å². The second kappa shape index (κ2) is 9.91. The molecule has 8 heteroatoms. The number of methoxy groups -OCH3 is 4. The minimum Gasteiger partial charge on any atom is -0.497 e. The van der Waals surface area contributed by atoms with E-state index < -0.39 is 0 Å². The smallest absolute Gasteiger partial charge is 0.241 e. The van der Waals surface area contributed by atoms with E-state index in [1.807, 2.05) is 18.2 Å². The Bertz CT molecular complexity index is 1050. The highest BCUT2D eigenvalue weighted by molar-refractivity contribution is 5.72. The fraction of sp³-hybridized carbons (Fsp3) is 0.417. The van der Waals surface area contributed by atoms with E-state index in [4.69, 9.17) is 23.5 Å². The van der Waals surface area contributed by atoms with Crippen LogP contribution in [-0.4, -0.2) is 50.0 Å². The van der Waals surface area contributed by atoms with Crippen LogP contribution in [-0.2, 0) is 6.54 Å². The van der Waals surface area contributed by atoms with Crippen LogP contribution in [0.25, 0.3) is 11.4 Å². The lowest BCUT2D eigenvalue weighted by molar-refractivity contribution is 0.123. The molecule has 2 heterocycles. The summed E-state index contributed by atoms with van der Waals surface area (Å²) in [6, 6.07) is 12.2. The largest absolute Gasteiger partial charge is 0.497 e. The Balaban J connectivity index is 1.58. The van der Waals surface area contributed by atoms with Gasteiger partial charge in [-0.1, -0.05) is 23.7 Å². The molecular formula is C24H29N3O5. The second-order valence-electron chi connectivity index (χ2n) is 7.65. The molecule has 0 spiro atoms. The summed E-state index contributed by atoms with van der Waals surface area (Å²) in [6.45, 7) is 1.55. The normalized spacial score (nSPS) is 16.6. The summed E-state index contributed by atoms with van der Waals surface area (Å²) < 4.78 is 27.5. The third-order valence-corrected chi connectivity index (χ3v) is 5.84. The van der Waals surface area contributed by atoms with E-state index in [0.717, 1.165) is 25.1 Å². The molecule has 2 aromatic carbocycles. The maximum absolute atomic E-state index is 5.63. The average Bonchev–Trinajstić information content (AvgIpc) is 3.31. The molecule has 0 unspecified atom stereocenters. The minimum atomic E-state index is 0.282. The van der Waals surface area contributed by atoms with Crippen LogP contribution < -0.4 is 18.9 Å². The Hall–Kier alpha value is -3.26. The van der Waals surface area contributed by atoms with Crippen LogP contribution in [0, 0.1) is 0 Å². The fourth-order valence-electron chi connectivity index (χ4n) is 4.29. The molecular weight excluding hydrogens is 410 g/mol. The molecule has 0 aliphatic carbocycles. The maximum atomic E-state index is 5.63. The molecule has 0 amide bonds. The number of aromatic nitrogens is 2. The van der Waals surface area contributed by atoms with Gasteiger partial charge in [0.25, 0.3) is 0 Å². The van der Waals surface area contributed by atoms with Crippen molar-refractivity contribution in [2.75, 3.05) is 35.0 Å². The van der Waals surface area contributed by atoms with Gasteiger partial charge in [0.2, 0.25) is 17.5 Å². The third-order valence-electron chi connectivity index (χ3n) is 5.84. The number of hydrogen-bond donors (Lipinski definition) is 0. The molecule has 32 heavy (non-hydrogen) atoms. The van der Waals surface area contributed by atoms with Gasteiger partial charge in [0.1, 0.15) is 5.75 Å². The molecule has 0 radical (unpaired) electrons. The lowest BCUT2D eigenvalue weighted by atomic mass is 9.95. The zero-order chi connectivity index (χ0) is 22.5. The zero-order valence-corrected chi connectivity index (χ0v) is 19.0. The number of hydrogen-bond acceptors (Lipinski definition) is 8. The summed E-state index contributed by atoms with van der Waals surface area (Å²) in [5, 5.41) is 4.21. The van der Waals surface area contributed by atoms with Crippen LogP contribution >= 0.6 is 0 Å². The highest BCUT2D eigenvalue weighted by Crippen LogP contribution is 2.43. The van der Waals surface area contributed by atoms with Crippen molar-refractivity contribution in [1.29, 1.82) is 0 Å². The number of likely N-dealkylation sites (tertiary alicyclic amines) is 1. The number of piperidine rings is 1. The molecule has 3 aromatic rings. The van der Waals surface area contributed by atoms with Crippen molar-refractivity contribution in [2.45, 2.75) is 31.8 Å². The predicted octanol–water partition coefficient (Wildman–Crippen LogP) is 4.50. The van der Waals surface area contributed by atoms with E-state index in [2.05, 4.69) is 27.2 Å². The first-order chi connectivity index (χ1) is 15.7. The standard InChI is InChI=1S/C24H29N3O5/c1-28-17-9-7-8-16(14-17)19-10-5-6-13-27(19)15-21-25-24(26-32-21)18-11-12-20(29-2)23(31-4)22(18)30-3/h7-9,11-12,14,19H,5-6,10,13,15H2,1-4H3/t19-/m1/s1. The van der Waals surface area contributed by atoms with Crippen LogP contribution in [0.5, 0.6) is 23.0 Å². The molecule has 8 nitrogen and oxygen atoms in total. The molecule has 170 valence electrons. The van der Waals surface area contributed by atoms with E-state index in [-0.39, 0.29) is 6.04 Å². The van der Waals surface area contributed by atoms with Gasteiger partial charge in [0, 0.05) is 6.04 Å². The summed E-state index contributed by atoms with van der Waals surface area (Å²) in [5.41, 5.74) is 1.92. The Labute approximate surface area is 188 Å². The first-order valence-electron chi connectivity index (χ1n) is 10.7. The Kier molecular flexibility index (Phi) is 6.80. The van der Waals surface area contributed by atoms with Gasteiger partial charge >= 0.3 is 0 Å². The minimum absolute atomic E-state index is 0.282. The fourth-order valence-corrected chi connectivity index (χ4v) is 4.29. The Morgan fingerprint density at radius 3 is 2.56 bits per heavy atom. The quantitative estimate of drug-likeness (QED) is 0.508. The van der Waals surface area contributed by atoms with Gasteiger partial charge in [0.15, 0.2) is 11.5 Å².